The van der Waals surface area contributed by atoms with E-state index in [1.165, 1.54) is 0 Å². The lowest BCUT2D eigenvalue weighted by Gasteiger charge is -2.50. The summed E-state index contributed by atoms with van der Waals surface area (Å²) >= 11 is 3.49. The van der Waals surface area contributed by atoms with Gasteiger partial charge in [-0.05, 0) is 55.6 Å². The van der Waals surface area contributed by atoms with Gasteiger partial charge in [-0.15, -0.1) is 0 Å². The van der Waals surface area contributed by atoms with E-state index in [9.17, 15) is 9.59 Å². The number of piperidine rings is 1. The molecule has 1 heterocycles. The van der Waals surface area contributed by atoms with Crippen LogP contribution in [0.4, 0.5) is 0 Å². The Morgan fingerprint density at radius 2 is 1.84 bits per heavy atom. The summed E-state index contributed by atoms with van der Waals surface area (Å²) in [5.74, 6) is 0.113. The van der Waals surface area contributed by atoms with E-state index in [4.69, 9.17) is 4.74 Å². The number of carbonyl (C=O) groups excluding carboxylic acids is 2. The molecule has 1 atom stereocenters. The molecule has 1 unspecified atom stereocenters. The Hall–Kier alpha value is -2.18. The summed E-state index contributed by atoms with van der Waals surface area (Å²) in [5, 5.41) is 3.41. The number of ether oxygens (including phenoxy) is 1. The third-order valence-electron chi connectivity index (χ3n) is 6.09. The van der Waals surface area contributed by atoms with Crippen LogP contribution in [-0.2, 0) is 20.9 Å². The number of carbonyl (C=O) groups is 2. The van der Waals surface area contributed by atoms with Crippen LogP contribution in [0.3, 0.4) is 0 Å². The molecule has 0 saturated carbocycles. The number of hydrogen-bond donors (Lipinski definition) is 1. The second kappa shape index (κ2) is 11.4. The van der Waals surface area contributed by atoms with E-state index in [1.54, 1.807) is 0 Å². The summed E-state index contributed by atoms with van der Waals surface area (Å²) in [6.07, 6.45) is 3.21. The molecule has 1 amide bonds. The van der Waals surface area contributed by atoms with E-state index in [0.717, 1.165) is 54.4 Å². The molecule has 0 bridgehead atoms. The van der Waals surface area contributed by atoms with Gasteiger partial charge in [0.05, 0.1) is 5.54 Å². The van der Waals surface area contributed by atoms with Gasteiger partial charge in [-0.2, -0.15) is 0 Å². The van der Waals surface area contributed by atoms with Crippen molar-refractivity contribution in [1.29, 1.82) is 0 Å². The van der Waals surface area contributed by atoms with Gasteiger partial charge in [0, 0.05) is 17.4 Å². The molecular weight excluding hydrogens is 456 g/mol. The lowest BCUT2D eigenvalue weighted by molar-refractivity contribution is -0.159. The van der Waals surface area contributed by atoms with E-state index >= 15 is 0 Å². The third-order valence-corrected chi connectivity index (χ3v) is 6.62. The van der Waals surface area contributed by atoms with Crippen molar-refractivity contribution < 1.29 is 14.3 Å². The van der Waals surface area contributed by atoms with Crippen molar-refractivity contribution in [2.75, 3.05) is 13.1 Å². The lowest BCUT2D eigenvalue weighted by atomic mass is 9.77. The maximum atomic E-state index is 13.6. The van der Waals surface area contributed by atoms with Crippen molar-refractivity contribution in [1.82, 2.24) is 10.2 Å². The number of rotatable bonds is 10. The molecule has 3 rings (SSSR count). The Morgan fingerprint density at radius 1 is 1.16 bits per heavy atom. The highest BCUT2D eigenvalue weighted by Crippen LogP contribution is 2.42. The second-order valence-electron chi connectivity index (χ2n) is 8.09. The molecule has 1 aliphatic heterocycles. The van der Waals surface area contributed by atoms with E-state index in [2.05, 4.69) is 28.2 Å². The zero-order valence-corrected chi connectivity index (χ0v) is 19.6. The highest BCUT2D eigenvalue weighted by Gasteiger charge is 2.48. The molecule has 1 aliphatic rings. The minimum Gasteiger partial charge on any atom is -0.457 e. The van der Waals surface area contributed by atoms with Gasteiger partial charge in [0.25, 0.3) is 6.47 Å². The van der Waals surface area contributed by atoms with Gasteiger partial charge in [0.15, 0.2) is 0 Å². The van der Waals surface area contributed by atoms with Gasteiger partial charge in [0.2, 0.25) is 5.91 Å². The monoisotopic (exact) mass is 486 g/mol. The number of hydrogen-bond acceptors (Lipinski definition) is 4. The van der Waals surface area contributed by atoms with Gasteiger partial charge in [-0.3, -0.25) is 9.59 Å². The Bertz CT molecular complexity index is 836. The Kier molecular flexibility index (Phi) is 8.67. The maximum absolute atomic E-state index is 13.6. The molecule has 1 fully saturated rings. The average molecular weight is 487 g/mol. The van der Waals surface area contributed by atoms with Gasteiger partial charge in [-0.25, -0.2) is 0 Å². The molecule has 0 spiro atoms. The molecular formula is C25H31BrN2O3. The van der Waals surface area contributed by atoms with E-state index in [0.29, 0.717) is 19.4 Å². The summed E-state index contributed by atoms with van der Waals surface area (Å²) in [5.41, 5.74) is 1.37. The maximum Gasteiger partial charge on any atom is 0.293 e. The summed E-state index contributed by atoms with van der Waals surface area (Å²) < 4.78 is 6.76. The summed E-state index contributed by atoms with van der Waals surface area (Å²) in [6, 6.07) is 17.9. The van der Waals surface area contributed by atoms with Crippen molar-refractivity contribution in [3.63, 3.8) is 0 Å². The van der Waals surface area contributed by atoms with Crippen LogP contribution in [0.2, 0.25) is 0 Å². The van der Waals surface area contributed by atoms with Crippen LogP contribution in [0.1, 0.15) is 56.3 Å². The van der Waals surface area contributed by atoms with Crippen molar-refractivity contribution >= 4 is 28.3 Å². The molecule has 0 aromatic heterocycles. The molecule has 2 aromatic carbocycles. The first-order chi connectivity index (χ1) is 15.1. The summed E-state index contributed by atoms with van der Waals surface area (Å²) in [7, 11) is 0. The molecule has 1 N–H and O–H groups in total. The highest BCUT2D eigenvalue weighted by molar-refractivity contribution is 9.10. The van der Waals surface area contributed by atoms with Crippen LogP contribution in [0.5, 0.6) is 0 Å². The number of nitrogens with zero attached hydrogens (tertiary/aromatic N) is 1. The Morgan fingerprint density at radius 3 is 2.45 bits per heavy atom. The minimum atomic E-state index is -0.606. The Labute approximate surface area is 193 Å². The second-order valence-corrected chi connectivity index (χ2v) is 9.00. The molecule has 0 radical (unpaired) electrons. The van der Waals surface area contributed by atoms with Crippen LogP contribution >= 0.6 is 15.9 Å². The van der Waals surface area contributed by atoms with Crippen LogP contribution < -0.4 is 5.32 Å². The van der Waals surface area contributed by atoms with Gasteiger partial charge < -0.3 is 15.0 Å². The number of nitrogens with one attached hydrogen (secondary N) is 1. The molecule has 31 heavy (non-hydrogen) atoms. The highest BCUT2D eigenvalue weighted by atomic mass is 79.9. The quantitative estimate of drug-likeness (QED) is 0.479. The van der Waals surface area contributed by atoms with Crippen molar-refractivity contribution in [2.45, 2.75) is 57.2 Å². The van der Waals surface area contributed by atoms with Crippen LogP contribution in [-0.4, -0.2) is 35.9 Å². The zero-order chi connectivity index (χ0) is 22.1. The molecule has 5 nitrogen and oxygen atoms in total. The SMILES string of the molecule is CCCCC(=O)N(Cc1ccc(Br)cc1)C1(C(OC=O)c2ccccc2)CCNCC1. The average Bonchev–Trinajstić information content (AvgIpc) is 2.81. The van der Waals surface area contributed by atoms with E-state index in [-0.39, 0.29) is 5.91 Å². The number of benzene rings is 2. The van der Waals surface area contributed by atoms with Gasteiger partial charge in [0.1, 0.15) is 6.10 Å². The predicted octanol–water partition coefficient (Wildman–Crippen LogP) is 5.00. The van der Waals surface area contributed by atoms with E-state index < -0.39 is 11.6 Å². The predicted molar refractivity (Wildman–Crippen MR) is 125 cm³/mol. The third kappa shape index (κ3) is 5.74. The summed E-state index contributed by atoms with van der Waals surface area (Å²) in [6.45, 7) is 4.64. The zero-order valence-electron chi connectivity index (χ0n) is 18.1. The first kappa shape index (κ1) is 23.5. The van der Waals surface area contributed by atoms with Gasteiger partial charge >= 0.3 is 0 Å². The minimum absolute atomic E-state index is 0.113. The van der Waals surface area contributed by atoms with Crippen LogP contribution in [0.25, 0.3) is 0 Å². The first-order valence-corrected chi connectivity index (χ1v) is 11.8. The fourth-order valence-electron chi connectivity index (χ4n) is 4.46. The first-order valence-electron chi connectivity index (χ1n) is 11.0. The van der Waals surface area contributed by atoms with E-state index in [1.807, 2.05) is 59.5 Å². The molecule has 166 valence electrons. The largest absolute Gasteiger partial charge is 0.457 e. The number of amides is 1. The molecule has 6 heteroatoms. The van der Waals surface area contributed by atoms with Crippen molar-refractivity contribution in [2.24, 2.45) is 0 Å². The molecule has 1 saturated heterocycles. The van der Waals surface area contributed by atoms with Crippen LogP contribution in [0.15, 0.2) is 59.1 Å². The van der Waals surface area contributed by atoms with Crippen molar-refractivity contribution in [3.05, 3.63) is 70.2 Å². The fourth-order valence-corrected chi connectivity index (χ4v) is 4.73. The number of unbranched alkanes of at least 4 members (excludes halogenated alkanes) is 1. The van der Waals surface area contributed by atoms with Crippen LogP contribution in [0, 0.1) is 0 Å². The number of halogens is 1. The Balaban J connectivity index is 2.06. The van der Waals surface area contributed by atoms with Gasteiger partial charge in [-0.1, -0.05) is 71.7 Å². The normalized spacial score (nSPS) is 16.3. The fraction of sp³-hybridized carbons (Fsp3) is 0.440. The smallest absolute Gasteiger partial charge is 0.293 e. The molecule has 2 aromatic rings. The molecule has 0 aliphatic carbocycles. The van der Waals surface area contributed by atoms with Crippen molar-refractivity contribution in [3.8, 4) is 0 Å². The lowest BCUT2D eigenvalue weighted by Crippen LogP contribution is -2.60. The topological polar surface area (TPSA) is 58.6 Å². The summed E-state index contributed by atoms with van der Waals surface area (Å²) in [4.78, 5) is 27.2. The standard InChI is InChI=1S/C25H31BrN2O3/c1-2-3-9-23(30)28(18-20-10-12-22(26)13-11-20)25(14-16-27-17-15-25)24(31-19-29)21-7-5-4-6-8-21/h4-8,10-13,19,24,27H,2-3,9,14-18H2,1H3.